The summed E-state index contributed by atoms with van der Waals surface area (Å²) in [5.41, 5.74) is 8.53. The Morgan fingerprint density at radius 2 is 1.12 bits per heavy atom. The van der Waals surface area contributed by atoms with Crippen molar-refractivity contribution in [1.29, 1.82) is 0 Å². The van der Waals surface area contributed by atoms with Crippen LogP contribution in [0.15, 0.2) is 24.3 Å². The van der Waals surface area contributed by atoms with E-state index in [2.05, 4.69) is 86.6 Å². The molecule has 0 saturated carbocycles. The highest BCUT2D eigenvalue weighted by Gasteiger charge is 2.12. The minimum atomic E-state index is 0.177. The molecule has 134 valence electrons. The zero-order chi connectivity index (χ0) is 18.9. The first-order valence-corrected chi connectivity index (χ1v) is 10.7. The third-order valence-electron chi connectivity index (χ3n) is 4.38. The molecule has 2 heteroatoms. The summed E-state index contributed by atoms with van der Waals surface area (Å²) in [6.45, 7) is 20.4. The largest absolute Gasteiger partial charge is 0.471 e. The Bertz CT molecular complexity index is 774. The normalized spacial score (nSPS) is 13.1. The molecule has 0 saturated heterocycles. The molecule has 0 aliphatic heterocycles. The number of benzene rings is 2. The van der Waals surface area contributed by atoms with Gasteiger partial charge >= 0.3 is 0 Å². The third-order valence-corrected chi connectivity index (χ3v) is 8.60. The predicted octanol–water partition coefficient (Wildman–Crippen LogP) is 6.56. The first kappa shape index (κ1) is 20.4. The number of aryl methyl sites for hydroxylation is 6. The molecule has 0 atom stereocenters. The smallest absolute Gasteiger partial charge is 0.00521 e. The second kappa shape index (κ2) is 7.73. The second-order valence-corrected chi connectivity index (χ2v) is 10.9. The van der Waals surface area contributed by atoms with Gasteiger partial charge in [0.1, 0.15) is 0 Å². The molecule has 0 nitrogen and oxygen atoms in total. The van der Waals surface area contributed by atoms with Crippen LogP contribution in [0.3, 0.4) is 0 Å². The summed E-state index contributed by atoms with van der Waals surface area (Å²) in [6, 6.07) is 9.26. The lowest BCUT2D eigenvalue weighted by molar-refractivity contribution is 0.610. The van der Waals surface area contributed by atoms with Crippen LogP contribution in [-0.2, 0) is 0 Å². The van der Waals surface area contributed by atoms with Crippen LogP contribution in [0, 0.1) is 47.0 Å². The van der Waals surface area contributed by atoms with Gasteiger partial charge in [0, 0.05) is 5.30 Å². The number of hydrogen-bond acceptors (Lipinski definition) is 0. The molecule has 0 aliphatic rings. The van der Waals surface area contributed by atoms with E-state index in [9.17, 15) is 0 Å². The molecule has 0 N–H and O–H groups in total. The van der Waals surface area contributed by atoms with Gasteiger partial charge in [0.25, 0.3) is 0 Å². The van der Waals surface area contributed by atoms with Crippen molar-refractivity contribution in [2.45, 2.75) is 62.3 Å². The van der Waals surface area contributed by atoms with Gasteiger partial charge in [-0.2, -0.15) is 10.3 Å². The third kappa shape index (κ3) is 5.03. The molecule has 0 amide bonds. The molecular formula is C23H31P2-. The molecule has 0 fully saturated rings. The van der Waals surface area contributed by atoms with Crippen LogP contribution in [0.1, 0.15) is 54.2 Å². The van der Waals surface area contributed by atoms with Gasteiger partial charge in [-0.15, -0.1) is 8.20 Å². The van der Waals surface area contributed by atoms with E-state index in [1.54, 1.807) is 5.03 Å². The molecule has 0 aliphatic carbocycles. The van der Waals surface area contributed by atoms with Gasteiger partial charge in [0.2, 0.25) is 0 Å². The van der Waals surface area contributed by atoms with Crippen LogP contribution in [0.5, 0.6) is 0 Å². The van der Waals surface area contributed by atoms with Gasteiger partial charge in [0.15, 0.2) is 0 Å². The summed E-state index contributed by atoms with van der Waals surface area (Å²) in [4.78, 5) is 0. The van der Waals surface area contributed by atoms with E-state index >= 15 is 0 Å². The minimum Gasteiger partial charge on any atom is -0.471 e. The van der Waals surface area contributed by atoms with Gasteiger partial charge in [-0.3, -0.25) is 0 Å². The fourth-order valence-corrected chi connectivity index (χ4v) is 6.13. The molecule has 2 aromatic rings. The Morgan fingerprint density at radius 1 is 0.720 bits per heavy atom. The van der Waals surface area contributed by atoms with Crippen LogP contribution in [0.25, 0.3) is 0 Å². The highest BCUT2D eigenvalue weighted by molar-refractivity contribution is 7.80. The summed E-state index contributed by atoms with van der Waals surface area (Å²) < 4.78 is 0. The van der Waals surface area contributed by atoms with Crippen molar-refractivity contribution in [2.24, 2.45) is 5.41 Å². The first-order valence-electron chi connectivity index (χ1n) is 8.95. The maximum atomic E-state index is 2.35. The molecule has 2 rings (SSSR count). The highest BCUT2D eigenvalue weighted by atomic mass is 31.1. The molecule has 25 heavy (non-hydrogen) atoms. The maximum absolute atomic E-state index is 2.35. The van der Waals surface area contributed by atoms with E-state index in [4.69, 9.17) is 0 Å². The molecule has 2 aromatic carbocycles. The Kier molecular flexibility index (Phi) is 6.30. The lowest BCUT2D eigenvalue weighted by Gasteiger charge is -2.37. The second-order valence-electron chi connectivity index (χ2n) is 8.29. The zero-order valence-corrected chi connectivity index (χ0v) is 19.0. The Morgan fingerprint density at radius 3 is 1.52 bits per heavy atom. The lowest BCUT2D eigenvalue weighted by Crippen LogP contribution is -2.20. The van der Waals surface area contributed by atoms with E-state index in [-0.39, 0.29) is 5.41 Å². The van der Waals surface area contributed by atoms with Crippen molar-refractivity contribution in [3.8, 4) is 0 Å². The fourth-order valence-electron chi connectivity index (χ4n) is 3.27. The Labute approximate surface area is 158 Å². The Balaban J connectivity index is 2.56. The summed E-state index contributed by atoms with van der Waals surface area (Å²) >= 11 is 0. The van der Waals surface area contributed by atoms with Gasteiger partial charge in [-0.25, -0.2) is 0 Å². The van der Waals surface area contributed by atoms with Gasteiger partial charge in [-0.1, -0.05) is 67.3 Å². The van der Waals surface area contributed by atoms with E-state index in [1.165, 1.54) is 60.8 Å². The first-order chi connectivity index (χ1) is 11.5. The van der Waals surface area contributed by atoms with Crippen molar-refractivity contribution >= 4 is 32.4 Å². The summed E-state index contributed by atoms with van der Waals surface area (Å²) in [5, 5.41) is 4.52. The van der Waals surface area contributed by atoms with Crippen molar-refractivity contribution in [2.75, 3.05) is 0 Å². The average Bonchev–Trinajstić information content (AvgIpc) is 2.42. The summed E-state index contributed by atoms with van der Waals surface area (Å²) in [6.07, 6.45) is 0. The van der Waals surface area contributed by atoms with Gasteiger partial charge in [0.05, 0.1) is 0 Å². The minimum absolute atomic E-state index is 0.177. The van der Waals surface area contributed by atoms with E-state index < -0.39 is 0 Å². The van der Waals surface area contributed by atoms with Crippen LogP contribution >= 0.6 is 16.8 Å². The molecule has 0 aromatic heterocycles. The average molecular weight is 369 g/mol. The zero-order valence-electron chi connectivity index (χ0n) is 17.2. The fraction of sp³-hybridized carbons (Fsp3) is 0.435. The maximum Gasteiger partial charge on any atom is 0.00521 e. The van der Waals surface area contributed by atoms with Gasteiger partial charge < -0.3 is 8.58 Å². The van der Waals surface area contributed by atoms with Crippen molar-refractivity contribution in [3.05, 3.63) is 57.6 Å². The Hall–Kier alpha value is -0.960. The lowest BCUT2D eigenvalue weighted by atomic mass is 10.0. The molecule has 0 radical (unpaired) electrons. The predicted molar refractivity (Wildman–Crippen MR) is 119 cm³/mol. The molecular weight excluding hydrogens is 338 g/mol. The van der Waals surface area contributed by atoms with Crippen molar-refractivity contribution in [3.63, 3.8) is 0 Å². The van der Waals surface area contributed by atoms with Crippen LogP contribution < -0.4 is 10.6 Å². The topological polar surface area (TPSA) is 0 Å². The van der Waals surface area contributed by atoms with Gasteiger partial charge in [-0.05, 0) is 58.1 Å². The quantitative estimate of drug-likeness (QED) is 0.538. The highest BCUT2D eigenvalue weighted by Crippen LogP contribution is 2.35. The molecule has 0 spiro atoms. The van der Waals surface area contributed by atoms with Crippen LogP contribution in [0.2, 0.25) is 0 Å². The van der Waals surface area contributed by atoms with E-state index in [0.29, 0.717) is 0 Å². The molecule has 0 unspecified atom stereocenters. The number of rotatable bonds is 3. The standard InChI is InChI=1S/C23H31P2/c1-14-10-16(3)20(17(4)11-14)24-22(23(7,8)9)25-21-18(5)12-15(2)13-19(21)6/h10-13H,1-9H3/q-1. The van der Waals surface area contributed by atoms with Crippen LogP contribution in [0.4, 0.5) is 0 Å². The summed E-state index contributed by atoms with van der Waals surface area (Å²) in [5.74, 6) is 0. The molecule has 0 heterocycles. The monoisotopic (exact) mass is 369 g/mol. The number of hydrogen-bond donors (Lipinski definition) is 0. The summed E-state index contributed by atoms with van der Waals surface area (Å²) in [7, 11) is 2.74. The van der Waals surface area contributed by atoms with E-state index in [1.807, 2.05) is 0 Å². The molecule has 0 bridgehead atoms. The SMILES string of the molecule is Cc1cc(C)c(P=C([P-]c2c(C)cc(C)cc2C)C(C)(C)C)c(C)c1. The van der Waals surface area contributed by atoms with E-state index in [0.717, 1.165) is 0 Å². The van der Waals surface area contributed by atoms with Crippen molar-refractivity contribution < 1.29 is 0 Å². The van der Waals surface area contributed by atoms with Crippen molar-refractivity contribution in [1.82, 2.24) is 0 Å². The van der Waals surface area contributed by atoms with Crippen LogP contribution in [-0.4, -0.2) is 5.03 Å².